The van der Waals surface area contributed by atoms with Gasteiger partial charge < -0.3 is 19.7 Å². The molecule has 3 aromatic rings. The number of hydrogen-bond acceptors (Lipinski definition) is 6. The summed E-state index contributed by atoms with van der Waals surface area (Å²) < 4.78 is 11.7. The molecule has 0 aliphatic rings. The van der Waals surface area contributed by atoms with E-state index in [0.29, 0.717) is 34.4 Å². The number of ketones is 1. The van der Waals surface area contributed by atoms with E-state index >= 15 is 0 Å². The fraction of sp³-hybridized carbons (Fsp3) is 0.281. The molecule has 7 heteroatoms. The van der Waals surface area contributed by atoms with Gasteiger partial charge in [-0.1, -0.05) is 74.5 Å². The molecule has 0 fully saturated rings. The number of carbonyl (C=O) groups excluding carboxylic acids is 2. The van der Waals surface area contributed by atoms with Crippen LogP contribution in [0.15, 0.2) is 84.9 Å². The molecule has 1 atom stereocenters. The first-order valence-corrected chi connectivity index (χ1v) is 13.0. The van der Waals surface area contributed by atoms with Gasteiger partial charge in [0.1, 0.15) is 18.5 Å². The van der Waals surface area contributed by atoms with Crippen LogP contribution in [0.1, 0.15) is 71.4 Å². The lowest BCUT2D eigenvalue weighted by Gasteiger charge is -2.22. The topological polar surface area (TPSA) is 110 Å². The van der Waals surface area contributed by atoms with Crippen LogP contribution in [0.5, 0.6) is 5.75 Å². The Labute approximate surface area is 228 Å². The molecule has 0 spiro atoms. The Balaban J connectivity index is 1.95. The maximum atomic E-state index is 13.6. The van der Waals surface area contributed by atoms with Crippen LogP contribution in [0, 0.1) is 0 Å². The van der Waals surface area contributed by atoms with E-state index in [0.717, 1.165) is 12.8 Å². The fourth-order valence-electron chi connectivity index (χ4n) is 4.27. The van der Waals surface area contributed by atoms with Crippen molar-refractivity contribution in [3.8, 4) is 16.9 Å². The summed E-state index contributed by atoms with van der Waals surface area (Å²) >= 11 is 0. The molecule has 3 rings (SSSR count). The third kappa shape index (κ3) is 7.88. The van der Waals surface area contributed by atoms with Gasteiger partial charge in [-0.05, 0) is 54.2 Å². The molecule has 0 saturated carbocycles. The van der Waals surface area contributed by atoms with Gasteiger partial charge in [-0.15, -0.1) is 0 Å². The van der Waals surface area contributed by atoms with Crippen molar-refractivity contribution in [3.63, 3.8) is 0 Å². The molecular weight excluding hydrogens is 496 g/mol. The number of allylic oxidation sites excluding steroid dienone is 1. The van der Waals surface area contributed by atoms with Gasteiger partial charge in [0.05, 0.1) is 17.7 Å². The third-order valence-corrected chi connectivity index (χ3v) is 6.32. The van der Waals surface area contributed by atoms with E-state index in [1.807, 2.05) is 6.92 Å². The second kappa shape index (κ2) is 14.6. The van der Waals surface area contributed by atoms with Crippen LogP contribution in [0.2, 0.25) is 0 Å². The number of Topliss-reactive ketones (excluding diaryl/α,β-unsaturated/α-hetero) is 1. The highest BCUT2D eigenvalue weighted by atomic mass is 16.5. The zero-order chi connectivity index (χ0) is 28.2. The molecule has 0 bridgehead atoms. The van der Waals surface area contributed by atoms with Crippen LogP contribution < -0.4 is 4.74 Å². The number of rotatable bonds is 15. The zero-order valence-corrected chi connectivity index (χ0v) is 22.1. The number of unbranched alkanes of at least 4 members (excludes halogenated alkanes) is 1. The van der Waals surface area contributed by atoms with Crippen molar-refractivity contribution < 1.29 is 34.1 Å². The third-order valence-electron chi connectivity index (χ3n) is 6.32. The van der Waals surface area contributed by atoms with Gasteiger partial charge in [0.15, 0.2) is 5.78 Å². The number of benzene rings is 3. The number of hydrogen-bond donors (Lipinski definition) is 2. The molecule has 39 heavy (non-hydrogen) atoms. The Bertz CT molecular complexity index is 1310. The second-order valence-corrected chi connectivity index (χ2v) is 9.07. The average molecular weight is 531 g/mol. The summed E-state index contributed by atoms with van der Waals surface area (Å²) in [5.41, 5.74) is 2.19. The van der Waals surface area contributed by atoms with Gasteiger partial charge in [0.25, 0.3) is 0 Å². The number of ether oxygens (including phenoxy) is 2. The van der Waals surface area contributed by atoms with E-state index in [9.17, 15) is 24.6 Å². The standard InChI is InChI=1S/C32H34O7/c1-3-4-11-22(2)28(34)18-19-30(27-16-9-10-17-29(27)38-21-20-33)39-32(37)26-15-8-6-13-24(26)23-12-5-7-14-25(23)31(35)36/h5-10,12-17,30,33H,2-4,11,18-21H2,1H3,(H,35,36)/t30-/m1/s1. The van der Waals surface area contributed by atoms with Crippen molar-refractivity contribution in [1.82, 2.24) is 0 Å². The first-order chi connectivity index (χ1) is 18.9. The van der Waals surface area contributed by atoms with Gasteiger partial charge in [0, 0.05) is 12.0 Å². The highest BCUT2D eigenvalue weighted by Crippen LogP contribution is 2.34. The predicted molar refractivity (Wildman–Crippen MR) is 149 cm³/mol. The molecule has 2 N–H and O–H groups in total. The van der Waals surface area contributed by atoms with Crippen molar-refractivity contribution in [2.45, 2.75) is 45.1 Å². The summed E-state index contributed by atoms with van der Waals surface area (Å²) in [5.74, 6) is -1.42. The number of carboxylic acid groups (broad SMARTS) is 1. The largest absolute Gasteiger partial charge is 0.491 e. The monoisotopic (exact) mass is 530 g/mol. The zero-order valence-electron chi connectivity index (χ0n) is 22.1. The van der Waals surface area contributed by atoms with Crippen molar-refractivity contribution in [1.29, 1.82) is 0 Å². The summed E-state index contributed by atoms with van der Waals surface area (Å²) in [6.07, 6.45) is 1.92. The molecule has 0 amide bonds. The van der Waals surface area contributed by atoms with Gasteiger partial charge in [-0.3, -0.25) is 4.79 Å². The molecule has 204 valence electrons. The van der Waals surface area contributed by atoms with Gasteiger partial charge >= 0.3 is 11.9 Å². The highest BCUT2D eigenvalue weighted by molar-refractivity contribution is 6.02. The lowest BCUT2D eigenvalue weighted by Crippen LogP contribution is -2.16. The highest BCUT2D eigenvalue weighted by Gasteiger charge is 2.25. The molecular formula is C32H34O7. The number of carboxylic acids is 1. The van der Waals surface area contributed by atoms with E-state index in [4.69, 9.17) is 9.47 Å². The predicted octanol–water partition coefficient (Wildman–Crippen LogP) is 6.42. The first-order valence-electron chi connectivity index (χ1n) is 13.0. The van der Waals surface area contributed by atoms with Crippen molar-refractivity contribution in [3.05, 3.63) is 102 Å². The summed E-state index contributed by atoms with van der Waals surface area (Å²) in [4.78, 5) is 38.2. The summed E-state index contributed by atoms with van der Waals surface area (Å²) in [6.45, 7) is 5.83. The number of carbonyl (C=O) groups is 3. The van der Waals surface area contributed by atoms with Gasteiger partial charge in [-0.2, -0.15) is 0 Å². The maximum Gasteiger partial charge on any atom is 0.339 e. The first kappa shape index (κ1) is 29.3. The Kier molecular flexibility index (Phi) is 11.0. The Hall–Kier alpha value is -4.23. The lowest BCUT2D eigenvalue weighted by atomic mass is 9.95. The molecule has 0 aliphatic heterocycles. The number of aliphatic hydroxyl groups excluding tert-OH is 1. The van der Waals surface area contributed by atoms with Crippen LogP contribution in [0.25, 0.3) is 11.1 Å². The molecule has 0 saturated heterocycles. The lowest BCUT2D eigenvalue weighted by molar-refractivity contribution is -0.116. The van der Waals surface area contributed by atoms with Gasteiger partial charge in [0.2, 0.25) is 0 Å². The van der Waals surface area contributed by atoms with E-state index < -0.39 is 18.0 Å². The number of aliphatic hydroxyl groups is 1. The SMILES string of the molecule is C=C(CCCC)C(=O)CC[C@@H](OC(=O)c1ccccc1-c1ccccc1C(=O)O)c1ccccc1OCCO. The van der Waals surface area contributed by atoms with Crippen molar-refractivity contribution in [2.75, 3.05) is 13.2 Å². The van der Waals surface area contributed by atoms with Crippen LogP contribution >= 0.6 is 0 Å². The Morgan fingerprint density at radius 1 is 0.872 bits per heavy atom. The number of aromatic carboxylic acids is 1. The number of para-hydroxylation sites is 1. The number of esters is 1. The minimum atomic E-state index is -1.11. The van der Waals surface area contributed by atoms with E-state index in [1.54, 1.807) is 66.7 Å². The smallest absolute Gasteiger partial charge is 0.339 e. The van der Waals surface area contributed by atoms with E-state index in [-0.39, 0.29) is 43.0 Å². The minimum Gasteiger partial charge on any atom is -0.491 e. The molecule has 0 heterocycles. The van der Waals surface area contributed by atoms with Crippen molar-refractivity contribution >= 4 is 17.7 Å². The van der Waals surface area contributed by atoms with E-state index in [2.05, 4.69) is 6.58 Å². The molecule has 7 nitrogen and oxygen atoms in total. The van der Waals surface area contributed by atoms with Crippen LogP contribution in [-0.2, 0) is 9.53 Å². The second-order valence-electron chi connectivity index (χ2n) is 9.07. The molecule has 0 aromatic heterocycles. The van der Waals surface area contributed by atoms with Crippen molar-refractivity contribution in [2.24, 2.45) is 0 Å². The fourth-order valence-corrected chi connectivity index (χ4v) is 4.27. The summed E-state index contributed by atoms with van der Waals surface area (Å²) in [6, 6.07) is 20.1. The molecule has 3 aromatic carbocycles. The normalized spacial score (nSPS) is 11.4. The van der Waals surface area contributed by atoms with Crippen LogP contribution in [0.3, 0.4) is 0 Å². The average Bonchev–Trinajstić information content (AvgIpc) is 2.96. The maximum absolute atomic E-state index is 13.6. The molecule has 0 unspecified atom stereocenters. The quantitative estimate of drug-likeness (QED) is 0.172. The Morgan fingerprint density at radius 2 is 1.49 bits per heavy atom. The van der Waals surface area contributed by atoms with E-state index in [1.165, 1.54) is 6.07 Å². The molecule has 0 radical (unpaired) electrons. The summed E-state index contributed by atoms with van der Waals surface area (Å²) in [7, 11) is 0. The van der Waals surface area contributed by atoms with Gasteiger partial charge in [-0.25, -0.2) is 9.59 Å². The summed E-state index contributed by atoms with van der Waals surface area (Å²) in [5, 5.41) is 18.9. The minimum absolute atomic E-state index is 0.0548. The molecule has 0 aliphatic carbocycles. The Morgan fingerprint density at radius 3 is 2.15 bits per heavy atom. The van der Waals surface area contributed by atoms with Crippen LogP contribution in [0.4, 0.5) is 0 Å². The van der Waals surface area contributed by atoms with Crippen LogP contribution in [-0.4, -0.2) is 41.1 Å².